The van der Waals surface area contributed by atoms with Crippen LogP contribution in [0.2, 0.25) is 0 Å². The number of rotatable bonds is 5. The Morgan fingerprint density at radius 3 is 2.69 bits per heavy atom. The van der Waals surface area contributed by atoms with E-state index in [4.69, 9.17) is 4.52 Å². The molecule has 1 saturated heterocycles. The number of aliphatic hydroxyl groups is 1. The number of alkyl halides is 2. The van der Waals surface area contributed by atoms with Gasteiger partial charge in [-0.1, -0.05) is 11.2 Å². The highest BCUT2D eigenvalue weighted by Crippen LogP contribution is 2.45. The number of amides is 1. The van der Waals surface area contributed by atoms with Gasteiger partial charge in [0.1, 0.15) is 5.69 Å². The lowest BCUT2D eigenvalue weighted by Crippen LogP contribution is -2.46. The summed E-state index contributed by atoms with van der Waals surface area (Å²) in [5, 5.41) is 21.9. The number of carbonyl (C=O) groups is 1. The van der Waals surface area contributed by atoms with Gasteiger partial charge in [0.25, 0.3) is 11.5 Å². The molecule has 0 unspecified atom stereocenters. The van der Waals surface area contributed by atoms with Crippen LogP contribution < -0.4 is 5.32 Å². The second-order valence-electron chi connectivity index (χ2n) is 8.78. The number of aromatic nitrogens is 6. The summed E-state index contributed by atoms with van der Waals surface area (Å²) in [4.78, 5) is 26.4. The molecule has 2 aliphatic rings. The molecule has 4 aromatic rings. The van der Waals surface area contributed by atoms with Gasteiger partial charge in [-0.3, -0.25) is 9.48 Å². The predicted octanol–water partition coefficient (Wildman–Crippen LogP) is 2.37. The zero-order valence-electron chi connectivity index (χ0n) is 19.0. The van der Waals surface area contributed by atoms with Crippen LogP contribution in [0.25, 0.3) is 22.8 Å². The van der Waals surface area contributed by atoms with Gasteiger partial charge in [-0.15, -0.1) is 0 Å². The molecule has 2 N–H and O–H groups in total. The third-order valence-corrected chi connectivity index (χ3v) is 6.40. The average Bonchev–Trinajstić information content (AvgIpc) is 3.64. The van der Waals surface area contributed by atoms with Crippen LogP contribution in [0.3, 0.4) is 0 Å². The van der Waals surface area contributed by atoms with E-state index in [9.17, 15) is 18.7 Å². The van der Waals surface area contributed by atoms with Gasteiger partial charge in [-0.25, -0.2) is 23.7 Å². The van der Waals surface area contributed by atoms with Gasteiger partial charge in [0.2, 0.25) is 5.95 Å². The van der Waals surface area contributed by atoms with Crippen molar-refractivity contribution >= 4 is 17.5 Å². The molecule has 13 heteroatoms. The highest BCUT2D eigenvalue weighted by atomic mass is 19.3. The minimum absolute atomic E-state index is 0.0845. The van der Waals surface area contributed by atoms with Gasteiger partial charge in [0.15, 0.2) is 5.76 Å². The zero-order valence-corrected chi connectivity index (χ0v) is 19.0. The van der Waals surface area contributed by atoms with Gasteiger partial charge in [0.05, 0.1) is 41.2 Å². The van der Waals surface area contributed by atoms with Crippen LogP contribution in [0.4, 0.5) is 20.4 Å². The van der Waals surface area contributed by atoms with Crippen molar-refractivity contribution in [2.75, 3.05) is 18.9 Å². The number of aryl methyl sites for hydroxylation is 1. The average molecular weight is 494 g/mol. The number of hydrogen-bond donors (Lipinski definition) is 2. The Labute approximate surface area is 202 Å². The number of fused-ring (bicyclic) bond motifs is 1. The Balaban J connectivity index is 1.29. The lowest BCUT2D eigenvalue weighted by atomic mass is 9.95. The number of nitrogens with zero attached hydrogens (tertiary/aromatic N) is 7. The van der Waals surface area contributed by atoms with Crippen LogP contribution in [0.15, 0.2) is 47.2 Å². The summed E-state index contributed by atoms with van der Waals surface area (Å²) in [6, 6.07) is 7.82. The first kappa shape index (κ1) is 22.2. The zero-order chi connectivity index (χ0) is 25.1. The molecule has 0 radical (unpaired) electrons. The number of hydrogen-bond acceptors (Lipinski definition) is 9. The molecule has 6 heterocycles. The highest BCUT2D eigenvalue weighted by Gasteiger charge is 2.68. The minimum Gasteiger partial charge on any atom is -0.368 e. The van der Waals surface area contributed by atoms with Gasteiger partial charge >= 0.3 is 5.92 Å². The molecular weight excluding hydrogens is 474 g/mol. The van der Waals surface area contributed by atoms with Gasteiger partial charge in [0, 0.05) is 25.9 Å². The molecule has 36 heavy (non-hydrogen) atoms. The largest absolute Gasteiger partial charge is 0.368 e. The van der Waals surface area contributed by atoms with Crippen molar-refractivity contribution in [3.05, 3.63) is 54.2 Å². The van der Waals surface area contributed by atoms with E-state index in [1.54, 1.807) is 36.7 Å². The van der Waals surface area contributed by atoms with E-state index in [1.165, 1.54) is 7.05 Å². The fraction of sp³-hybridized carbons (Fsp3) is 0.304. The van der Waals surface area contributed by atoms with Crippen LogP contribution in [-0.4, -0.2) is 65.3 Å². The smallest absolute Gasteiger partial charge is 0.309 e. The summed E-state index contributed by atoms with van der Waals surface area (Å²) >= 11 is 0. The van der Waals surface area contributed by atoms with E-state index in [0.717, 1.165) is 41.7 Å². The summed E-state index contributed by atoms with van der Waals surface area (Å²) in [6.45, 7) is -0.0449. The number of halogens is 2. The van der Waals surface area contributed by atoms with Crippen molar-refractivity contribution in [1.82, 2.24) is 34.8 Å². The second-order valence-corrected chi connectivity index (χ2v) is 8.78. The third-order valence-electron chi connectivity index (χ3n) is 6.40. The summed E-state index contributed by atoms with van der Waals surface area (Å²) in [6.07, 6.45) is 5.31. The fourth-order valence-electron chi connectivity index (χ4n) is 4.54. The molecule has 1 amide bonds. The quantitative estimate of drug-likeness (QED) is 0.429. The van der Waals surface area contributed by atoms with Crippen molar-refractivity contribution in [2.45, 2.75) is 30.9 Å². The van der Waals surface area contributed by atoms with Crippen molar-refractivity contribution in [3.63, 3.8) is 0 Å². The Bertz CT molecular complexity index is 1490. The Kier molecular flexibility index (Phi) is 4.86. The van der Waals surface area contributed by atoms with E-state index in [-0.39, 0.29) is 11.4 Å². The maximum atomic E-state index is 14.5. The van der Waals surface area contributed by atoms with Crippen LogP contribution >= 0.6 is 0 Å². The molecule has 184 valence electrons. The second kappa shape index (κ2) is 7.88. The summed E-state index contributed by atoms with van der Waals surface area (Å²) in [7, 11) is 1.18. The maximum Gasteiger partial charge on any atom is 0.309 e. The molecule has 11 nitrogen and oxygen atoms in total. The van der Waals surface area contributed by atoms with Crippen molar-refractivity contribution in [2.24, 2.45) is 0 Å². The summed E-state index contributed by atoms with van der Waals surface area (Å²) in [5.41, 5.74) is 0.181. The molecule has 1 atom stereocenters. The van der Waals surface area contributed by atoms with Crippen LogP contribution in [0.1, 0.15) is 17.9 Å². The predicted molar refractivity (Wildman–Crippen MR) is 121 cm³/mol. The monoisotopic (exact) mass is 494 g/mol. The molecule has 0 bridgehead atoms. The van der Waals surface area contributed by atoms with Gasteiger partial charge in [-0.05, 0) is 31.0 Å². The number of pyridine rings is 1. The van der Waals surface area contributed by atoms with Gasteiger partial charge in [-0.2, -0.15) is 5.10 Å². The van der Waals surface area contributed by atoms with Crippen LogP contribution in [0, 0.1) is 0 Å². The normalized spacial score (nSPS) is 20.7. The third kappa shape index (κ3) is 3.34. The van der Waals surface area contributed by atoms with Crippen molar-refractivity contribution in [3.8, 4) is 22.8 Å². The molecule has 1 fully saturated rings. The first-order valence-corrected chi connectivity index (χ1v) is 11.2. The lowest BCUT2D eigenvalue weighted by Gasteiger charge is -2.22. The van der Waals surface area contributed by atoms with E-state index >= 15 is 0 Å². The van der Waals surface area contributed by atoms with Crippen molar-refractivity contribution < 1.29 is 23.2 Å². The van der Waals surface area contributed by atoms with E-state index in [2.05, 4.69) is 30.5 Å². The minimum atomic E-state index is -3.74. The maximum absolute atomic E-state index is 14.5. The van der Waals surface area contributed by atoms with Gasteiger partial charge < -0.3 is 19.8 Å². The number of likely N-dealkylation sites (N-methyl/N-ethyl adjacent to an activating group) is 1. The molecular formula is C23H20F2N8O3. The molecule has 0 saturated carbocycles. The summed E-state index contributed by atoms with van der Waals surface area (Å²) in [5.74, 6) is -5.18. The Hall–Kier alpha value is -4.26. The molecule has 4 aromatic heterocycles. The van der Waals surface area contributed by atoms with Crippen LogP contribution in [-0.2, 0) is 23.4 Å². The van der Waals surface area contributed by atoms with E-state index in [0.29, 0.717) is 17.3 Å². The van der Waals surface area contributed by atoms with Crippen molar-refractivity contribution in [1.29, 1.82) is 0 Å². The molecule has 6 rings (SSSR count). The van der Waals surface area contributed by atoms with E-state index < -0.39 is 29.7 Å². The topological polar surface area (TPSA) is 135 Å². The number of likely N-dealkylation sites (tertiary alicyclic amines) is 1. The molecule has 0 spiro atoms. The SMILES string of the molecule is CN1CC(F)(F)[C@@](O)(c2cc(-c3cccc(-c4ccnc(Nc5cnn6c5CCC6)n4)n3)no2)C1=O. The Morgan fingerprint density at radius 2 is 1.92 bits per heavy atom. The number of anilines is 2. The van der Waals surface area contributed by atoms with E-state index in [1.807, 2.05) is 4.68 Å². The Morgan fingerprint density at radius 1 is 1.14 bits per heavy atom. The number of carbonyl (C=O) groups excluding carboxylic acids is 1. The highest BCUT2D eigenvalue weighted by molar-refractivity contribution is 5.89. The first-order valence-electron chi connectivity index (χ1n) is 11.2. The fourth-order valence-corrected chi connectivity index (χ4v) is 4.54. The molecule has 0 aliphatic carbocycles. The van der Waals surface area contributed by atoms with Crippen LogP contribution in [0.5, 0.6) is 0 Å². The number of nitrogens with one attached hydrogen (secondary N) is 1. The molecule has 2 aliphatic heterocycles. The standard InChI is InChI=1S/C23H20F2N8O3/c1-32-12-22(24,25)23(35,20(32)34)19-10-16(31-36-19)14-5-2-4-13(28-14)15-7-8-26-21(29-15)30-17-11-27-33-9-3-6-18(17)33/h2,4-5,7-8,10-11,35H,3,6,9,12H2,1H3,(H,26,29,30)/t23-/m1/s1. The lowest BCUT2D eigenvalue weighted by molar-refractivity contribution is -0.179. The molecule has 0 aromatic carbocycles. The summed E-state index contributed by atoms with van der Waals surface area (Å²) < 4.78 is 35.9. The first-order chi connectivity index (χ1) is 17.3.